The molecule has 15 heavy (non-hydrogen) atoms. The van der Waals surface area contributed by atoms with E-state index in [1.165, 1.54) is 5.56 Å². The highest BCUT2D eigenvalue weighted by atomic mass is 79.9. The quantitative estimate of drug-likeness (QED) is 0.584. The van der Waals surface area contributed by atoms with E-state index in [4.69, 9.17) is 6.42 Å². The second-order valence-corrected chi connectivity index (χ2v) is 4.59. The largest absolute Gasteiger partial charge is 0.302 e. The van der Waals surface area contributed by atoms with Gasteiger partial charge in [0.15, 0.2) is 0 Å². The minimum Gasteiger partial charge on any atom is -0.302 e. The molecule has 0 aliphatic carbocycles. The topological polar surface area (TPSA) is 3.24 Å². The van der Waals surface area contributed by atoms with E-state index >= 15 is 0 Å². The zero-order valence-electron chi connectivity index (χ0n) is 9.04. The highest BCUT2D eigenvalue weighted by molar-refractivity contribution is 9.10. The maximum atomic E-state index is 5.21. The molecule has 1 rings (SSSR count). The third kappa shape index (κ3) is 5.01. The Bertz CT molecular complexity index is 323. The summed E-state index contributed by atoms with van der Waals surface area (Å²) in [5, 5.41) is 0. The first-order chi connectivity index (χ1) is 7.22. The fourth-order valence-electron chi connectivity index (χ4n) is 1.43. The van der Waals surface area contributed by atoms with Gasteiger partial charge in [-0.05, 0) is 37.7 Å². The molecular weight excluding hydrogens is 250 g/mol. The van der Waals surface area contributed by atoms with Gasteiger partial charge in [-0.25, -0.2) is 0 Å². The minimum atomic E-state index is 0.866. The number of unbranched alkanes of at least 4 members (excludes halogenated alkanes) is 1. The average Bonchev–Trinajstić information content (AvgIpc) is 2.22. The molecule has 0 unspecified atom stereocenters. The number of rotatable bonds is 5. The molecule has 1 nitrogen and oxygen atoms in total. The zero-order valence-corrected chi connectivity index (χ0v) is 10.6. The van der Waals surface area contributed by atoms with Gasteiger partial charge in [-0.1, -0.05) is 28.1 Å². The van der Waals surface area contributed by atoms with Crippen LogP contribution >= 0.6 is 15.9 Å². The summed E-state index contributed by atoms with van der Waals surface area (Å²) in [7, 11) is 2.12. The highest BCUT2D eigenvalue weighted by Crippen LogP contribution is 2.11. The molecule has 0 saturated carbocycles. The number of terminal acetylenes is 1. The van der Waals surface area contributed by atoms with Gasteiger partial charge in [0.1, 0.15) is 0 Å². The summed E-state index contributed by atoms with van der Waals surface area (Å²) in [5.74, 6) is 2.66. The molecule has 0 aromatic heterocycles. The molecule has 0 atom stereocenters. The van der Waals surface area contributed by atoms with Crippen LogP contribution in [0.3, 0.4) is 0 Å². The summed E-state index contributed by atoms with van der Waals surface area (Å²) in [5.41, 5.74) is 1.33. The summed E-state index contributed by atoms with van der Waals surface area (Å²) < 4.78 is 1.13. The van der Waals surface area contributed by atoms with Crippen LogP contribution in [-0.2, 0) is 6.54 Å². The SMILES string of the molecule is C#CCCCN(C)Cc1ccc(Br)cc1. The Morgan fingerprint density at radius 3 is 2.60 bits per heavy atom. The Morgan fingerprint density at radius 2 is 2.00 bits per heavy atom. The van der Waals surface area contributed by atoms with Crippen molar-refractivity contribution in [3.8, 4) is 12.3 Å². The van der Waals surface area contributed by atoms with Crippen molar-refractivity contribution < 1.29 is 0 Å². The predicted octanol–water partition coefficient (Wildman–Crippen LogP) is 3.29. The Morgan fingerprint density at radius 1 is 1.33 bits per heavy atom. The standard InChI is InChI=1S/C13H16BrN/c1-3-4-5-10-15(2)11-12-6-8-13(14)9-7-12/h1,6-9H,4-5,10-11H2,2H3. The second kappa shape index (κ2) is 6.66. The predicted molar refractivity (Wildman–Crippen MR) is 68.5 cm³/mol. The van der Waals surface area contributed by atoms with Crippen LogP contribution in [0.2, 0.25) is 0 Å². The molecule has 0 aliphatic heterocycles. The molecule has 80 valence electrons. The molecule has 0 heterocycles. The van der Waals surface area contributed by atoms with E-state index in [1.807, 2.05) is 0 Å². The van der Waals surface area contributed by atoms with E-state index in [0.717, 1.165) is 30.4 Å². The minimum absolute atomic E-state index is 0.866. The van der Waals surface area contributed by atoms with Crippen molar-refractivity contribution >= 4 is 15.9 Å². The van der Waals surface area contributed by atoms with Gasteiger partial charge in [-0.15, -0.1) is 12.3 Å². The number of halogens is 1. The second-order valence-electron chi connectivity index (χ2n) is 3.67. The van der Waals surface area contributed by atoms with Crippen LogP contribution in [0.1, 0.15) is 18.4 Å². The third-order valence-corrected chi connectivity index (χ3v) is 2.76. The Hall–Kier alpha value is -0.780. The van der Waals surface area contributed by atoms with E-state index in [2.05, 4.69) is 58.1 Å². The van der Waals surface area contributed by atoms with Gasteiger partial charge >= 0.3 is 0 Å². The number of benzene rings is 1. The van der Waals surface area contributed by atoms with E-state index in [-0.39, 0.29) is 0 Å². The average molecular weight is 266 g/mol. The summed E-state index contributed by atoms with van der Waals surface area (Å²) in [6.07, 6.45) is 7.15. The zero-order chi connectivity index (χ0) is 11.1. The first kappa shape index (κ1) is 12.3. The summed E-state index contributed by atoms with van der Waals surface area (Å²) in [6, 6.07) is 8.43. The fourth-order valence-corrected chi connectivity index (χ4v) is 1.70. The van der Waals surface area contributed by atoms with Crippen LogP contribution in [0.15, 0.2) is 28.7 Å². The summed E-state index contributed by atoms with van der Waals surface area (Å²) in [4.78, 5) is 2.29. The van der Waals surface area contributed by atoms with Gasteiger partial charge in [0.2, 0.25) is 0 Å². The molecule has 0 saturated heterocycles. The number of hydrogen-bond donors (Lipinski definition) is 0. The highest BCUT2D eigenvalue weighted by Gasteiger charge is 1.99. The lowest BCUT2D eigenvalue weighted by molar-refractivity contribution is 0.324. The third-order valence-electron chi connectivity index (χ3n) is 2.23. The van der Waals surface area contributed by atoms with Crippen LogP contribution in [0.4, 0.5) is 0 Å². The maximum absolute atomic E-state index is 5.21. The van der Waals surface area contributed by atoms with Crippen LogP contribution in [-0.4, -0.2) is 18.5 Å². The first-order valence-electron chi connectivity index (χ1n) is 5.09. The smallest absolute Gasteiger partial charge is 0.0230 e. The van der Waals surface area contributed by atoms with E-state index in [9.17, 15) is 0 Å². The van der Waals surface area contributed by atoms with E-state index < -0.39 is 0 Å². The van der Waals surface area contributed by atoms with Crippen molar-refractivity contribution in [2.45, 2.75) is 19.4 Å². The van der Waals surface area contributed by atoms with Crippen molar-refractivity contribution in [1.29, 1.82) is 0 Å². The van der Waals surface area contributed by atoms with Crippen LogP contribution in [0.25, 0.3) is 0 Å². The normalized spacial score (nSPS) is 10.3. The Kier molecular flexibility index (Phi) is 5.45. The lowest BCUT2D eigenvalue weighted by Gasteiger charge is -2.15. The first-order valence-corrected chi connectivity index (χ1v) is 5.88. The molecule has 1 aromatic rings. The van der Waals surface area contributed by atoms with Gasteiger partial charge in [0.05, 0.1) is 0 Å². The molecule has 2 heteroatoms. The van der Waals surface area contributed by atoms with Crippen molar-refractivity contribution in [3.05, 3.63) is 34.3 Å². The van der Waals surface area contributed by atoms with Gasteiger partial charge in [0.25, 0.3) is 0 Å². The van der Waals surface area contributed by atoms with Crippen LogP contribution < -0.4 is 0 Å². The molecular formula is C13H16BrN. The molecule has 0 bridgehead atoms. The molecule has 0 radical (unpaired) electrons. The summed E-state index contributed by atoms with van der Waals surface area (Å²) in [6.45, 7) is 2.04. The van der Waals surface area contributed by atoms with Gasteiger partial charge in [-0.2, -0.15) is 0 Å². The summed E-state index contributed by atoms with van der Waals surface area (Å²) >= 11 is 3.43. The monoisotopic (exact) mass is 265 g/mol. The molecule has 0 fully saturated rings. The lowest BCUT2D eigenvalue weighted by Crippen LogP contribution is -2.18. The lowest BCUT2D eigenvalue weighted by atomic mass is 10.2. The number of hydrogen-bond acceptors (Lipinski definition) is 1. The molecule has 1 aromatic carbocycles. The number of nitrogens with zero attached hydrogens (tertiary/aromatic N) is 1. The molecule has 0 amide bonds. The van der Waals surface area contributed by atoms with E-state index in [1.54, 1.807) is 0 Å². The molecule has 0 N–H and O–H groups in total. The van der Waals surface area contributed by atoms with E-state index in [0.29, 0.717) is 0 Å². The van der Waals surface area contributed by atoms with Gasteiger partial charge < -0.3 is 4.90 Å². The fraction of sp³-hybridized carbons (Fsp3) is 0.385. The van der Waals surface area contributed by atoms with Crippen molar-refractivity contribution in [2.24, 2.45) is 0 Å². The van der Waals surface area contributed by atoms with Gasteiger partial charge in [-0.3, -0.25) is 0 Å². The van der Waals surface area contributed by atoms with Crippen LogP contribution in [0, 0.1) is 12.3 Å². The van der Waals surface area contributed by atoms with Gasteiger partial charge in [0, 0.05) is 17.4 Å². The van der Waals surface area contributed by atoms with Crippen molar-refractivity contribution in [1.82, 2.24) is 4.90 Å². The molecule has 0 aliphatic rings. The molecule has 0 spiro atoms. The van der Waals surface area contributed by atoms with Crippen molar-refractivity contribution in [2.75, 3.05) is 13.6 Å². The Labute approximate surface area is 101 Å². The maximum Gasteiger partial charge on any atom is 0.0230 e. The van der Waals surface area contributed by atoms with Crippen molar-refractivity contribution in [3.63, 3.8) is 0 Å². The Balaban J connectivity index is 2.34. The van der Waals surface area contributed by atoms with Crippen LogP contribution in [0.5, 0.6) is 0 Å².